The Hall–Kier alpha value is -2.37. The molecule has 1 atom stereocenters. The van der Waals surface area contributed by atoms with Crippen LogP contribution in [0.3, 0.4) is 0 Å². The molecule has 3 rings (SSSR count). The first kappa shape index (κ1) is 17.5. The Bertz CT molecular complexity index is 909. The summed E-state index contributed by atoms with van der Waals surface area (Å²) >= 11 is 12.1. The third-order valence-electron chi connectivity index (χ3n) is 3.77. The highest BCUT2D eigenvalue weighted by atomic mass is 35.5. The van der Waals surface area contributed by atoms with Gasteiger partial charge in [-0.3, -0.25) is 4.79 Å². The molecule has 25 heavy (non-hydrogen) atoms. The molecule has 2 aromatic carbocycles. The Morgan fingerprint density at radius 1 is 1.20 bits per heavy atom. The van der Waals surface area contributed by atoms with Gasteiger partial charge in [-0.25, -0.2) is 9.37 Å². The molecule has 0 spiro atoms. The van der Waals surface area contributed by atoms with E-state index in [0.29, 0.717) is 21.4 Å². The SMILES string of the molecule is Cn1ccnc1[C@@H](NC(=O)c1cc(Cl)ccc1Cl)c1ccc(F)cc1. The number of hydrogen-bond donors (Lipinski definition) is 1. The molecule has 1 heterocycles. The van der Waals surface area contributed by atoms with Crippen molar-refractivity contribution in [1.82, 2.24) is 14.9 Å². The molecule has 0 radical (unpaired) electrons. The first-order valence-corrected chi connectivity index (χ1v) is 8.20. The van der Waals surface area contributed by atoms with Crippen molar-refractivity contribution in [3.8, 4) is 0 Å². The summed E-state index contributed by atoms with van der Waals surface area (Å²) in [6.07, 6.45) is 3.40. The zero-order valence-corrected chi connectivity index (χ0v) is 14.7. The van der Waals surface area contributed by atoms with E-state index in [2.05, 4.69) is 10.3 Å². The van der Waals surface area contributed by atoms with Gasteiger partial charge >= 0.3 is 0 Å². The van der Waals surface area contributed by atoms with Crippen LogP contribution in [-0.4, -0.2) is 15.5 Å². The van der Waals surface area contributed by atoms with E-state index < -0.39 is 11.9 Å². The molecule has 128 valence electrons. The Labute approximate surface area is 154 Å². The summed E-state index contributed by atoms with van der Waals surface area (Å²) in [7, 11) is 1.82. The van der Waals surface area contributed by atoms with Gasteiger partial charge in [-0.1, -0.05) is 35.3 Å². The first-order chi connectivity index (χ1) is 12.0. The van der Waals surface area contributed by atoms with Crippen molar-refractivity contribution in [2.75, 3.05) is 0 Å². The van der Waals surface area contributed by atoms with E-state index in [0.717, 1.165) is 0 Å². The van der Waals surface area contributed by atoms with E-state index in [1.54, 1.807) is 41.2 Å². The number of aromatic nitrogens is 2. The maximum Gasteiger partial charge on any atom is 0.253 e. The van der Waals surface area contributed by atoms with Gasteiger partial charge in [0, 0.05) is 24.5 Å². The van der Waals surface area contributed by atoms with E-state index in [1.165, 1.54) is 18.2 Å². The Balaban J connectivity index is 1.98. The summed E-state index contributed by atoms with van der Waals surface area (Å²) in [4.78, 5) is 17.0. The van der Waals surface area contributed by atoms with Crippen molar-refractivity contribution in [2.24, 2.45) is 7.05 Å². The maximum atomic E-state index is 13.3. The highest BCUT2D eigenvalue weighted by molar-refractivity contribution is 6.35. The van der Waals surface area contributed by atoms with Crippen LogP contribution in [-0.2, 0) is 7.05 Å². The number of hydrogen-bond acceptors (Lipinski definition) is 2. The summed E-state index contributed by atoms with van der Waals surface area (Å²) < 4.78 is 15.0. The first-order valence-electron chi connectivity index (χ1n) is 7.44. The minimum Gasteiger partial charge on any atom is -0.338 e. The van der Waals surface area contributed by atoms with Gasteiger partial charge in [0.1, 0.15) is 17.7 Å². The predicted molar refractivity (Wildman–Crippen MR) is 95.4 cm³/mol. The van der Waals surface area contributed by atoms with Crippen LogP contribution < -0.4 is 5.32 Å². The molecule has 1 aromatic heterocycles. The van der Waals surface area contributed by atoms with Crippen LogP contribution in [0.5, 0.6) is 0 Å². The average molecular weight is 378 g/mol. The Morgan fingerprint density at radius 3 is 2.56 bits per heavy atom. The molecule has 0 aliphatic carbocycles. The minimum absolute atomic E-state index is 0.260. The summed E-state index contributed by atoms with van der Waals surface area (Å²) in [5.74, 6) is -0.144. The second-order valence-electron chi connectivity index (χ2n) is 5.48. The molecule has 7 heteroatoms. The highest BCUT2D eigenvalue weighted by Gasteiger charge is 2.22. The van der Waals surface area contributed by atoms with Crippen molar-refractivity contribution >= 4 is 29.1 Å². The van der Waals surface area contributed by atoms with E-state index in [-0.39, 0.29) is 11.4 Å². The fraction of sp³-hybridized carbons (Fsp3) is 0.111. The summed E-state index contributed by atoms with van der Waals surface area (Å²) in [6.45, 7) is 0. The van der Waals surface area contributed by atoms with Gasteiger partial charge in [0.15, 0.2) is 0 Å². The second kappa shape index (κ2) is 7.25. The molecule has 0 saturated heterocycles. The van der Waals surface area contributed by atoms with E-state index >= 15 is 0 Å². The van der Waals surface area contributed by atoms with Crippen molar-refractivity contribution in [1.29, 1.82) is 0 Å². The van der Waals surface area contributed by atoms with Gasteiger partial charge in [-0.05, 0) is 35.9 Å². The molecule has 0 fully saturated rings. The molecule has 0 aliphatic heterocycles. The Morgan fingerprint density at radius 2 is 1.92 bits per heavy atom. The highest BCUT2D eigenvalue weighted by Crippen LogP contribution is 2.24. The summed E-state index contributed by atoms with van der Waals surface area (Å²) in [5.41, 5.74) is 0.956. The van der Waals surface area contributed by atoms with Crippen molar-refractivity contribution in [3.63, 3.8) is 0 Å². The lowest BCUT2D eigenvalue weighted by Crippen LogP contribution is -2.31. The van der Waals surface area contributed by atoms with Crippen molar-refractivity contribution in [2.45, 2.75) is 6.04 Å². The lowest BCUT2D eigenvalue weighted by atomic mass is 10.1. The number of halogens is 3. The zero-order valence-electron chi connectivity index (χ0n) is 13.2. The normalized spacial score (nSPS) is 12.0. The molecule has 3 aromatic rings. The van der Waals surface area contributed by atoms with Crippen LogP contribution >= 0.6 is 23.2 Å². The van der Waals surface area contributed by atoms with Crippen molar-refractivity contribution < 1.29 is 9.18 Å². The zero-order chi connectivity index (χ0) is 18.0. The topological polar surface area (TPSA) is 46.9 Å². The number of aryl methyl sites for hydroxylation is 1. The standard InChI is InChI=1S/C18H14Cl2FN3O/c1-24-9-8-22-17(24)16(11-2-5-13(21)6-3-11)23-18(25)14-10-12(19)4-7-15(14)20/h2-10,16H,1H3,(H,23,25)/t16-/m0/s1. The lowest BCUT2D eigenvalue weighted by molar-refractivity contribution is 0.0941. The number of benzene rings is 2. The molecular weight excluding hydrogens is 364 g/mol. The monoisotopic (exact) mass is 377 g/mol. The van der Waals surface area contributed by atoms with Gasteiger partial charge in [0.2, 0.25) is 0 Å². The quantitative estimate of drug-likeness (QED) is 0.732. The van der Waals surface area contributed by atoms with Gasteiger partial charge in [0.05, 0.1) is 10.6 Å². The number of amides is 1. The van der Waals surface area contributed by atoms with Crippen LogP contribution in [0.4, 0.5) is 4.39 Å². The number of nitrogens with zero attached hydrogens (tertiary/aromatic N) is 2. The van der Waals surface area contributed by atoms with Crippen LogP contribution in [0.15, 0.2) is 54.9 Å². The molecule has 0 saturated carbocycles. The fourth-order valence-electron chi connectivity index (χ4n) is 2.49. The fourth-order valence-corrected chi connectivity index (χ4v) is 2.86. The molecule has 0 bridgehead atoms. The van der Waals surface area contributed by atoms with Crippen LogP contribution in [0.25, 0.3) is 0 Å². The van der Waals surface area contributed by atoms with Gasteiger partial charge in [-0.2, -0.15) is 0 Å². The second-order valence-corrected chi connectivity index (χ2v) is 6.32. The summed E-state index contributed by atoms with van der Waals surface area (Å²) in [6, 6.07) is 9.99. The summed E-state index contributed by atoms with van der Waals surface area (Å²) in [5, 5.41) is 3.59. The third-order valence-corrected chi connectivity index (χ3v) is 4.33. The smallest absolute Gasteiger partial charge is 0.253 e. The molecule has 1 N–H and O–H groups in total. The minimum atomic E-state index is -0.567. The van der Waals surface area contributed by atoms with E-state index in [1.807, 2.05) is 7.05 Å². The van der Waals surface area contributed by atoms with Gasteiger partial charge < -0.3 is 9.88 Å². The molecule has 0 unspecified atom stereocenters. The average Bonchev–Trinajstić information content (AvgIpc) is 3.01. The van der Waals surface area contributed by atoms with E-state index in [4.69, 9.17) is 23.2 Å². The lowest BCUT2D eigenvalue weighted by Gasteiger charge is -2.19. The third kappa shape index (κ3) is 3.83. The Kier molecular flexibility index (Phi) is 5.06. The van der Waals surface area contributed by atoms with Crippen molar-refractivity contribution in [3.05, 3.63) is 87.7 Å². The molecule has 1 amide bonds. The molecular formula is C18H14Cl2FN3O. The van der Waals surface area contributed by atoms with Crippen LogP contribution in [0.1, 0.15) is 27.8 Å². The van der Waals surface area contributed by atoms with Gasteiger partial charge in [-0.15, -0.1) is 0 Å². The van der Waals surface area contributed by atoms with E-state index in [9.17, 15) is 9.18 Å². The number of carbonyl (C=O) groups is 1. The van der Waals surface area contributed by atoms with Gasteiger partial charge in [0.25, 0.3) is 5.91 Å². The number of rotatable bonds is 4. The molecule has 4 nitrogen and oxygen atoms in total. The largest absolute Gasteiger partial charge is 0.338 e. The molecule has 0 aliphatic rings. The predicted octanol–water partition coefficient (Wildman–Crippen LogP) is 4.39. The van der Waals surface area contributed by atoms with Crippen LogP contribution in [0, 0.1) is 5.82 Å². The number of nitrogens with one attached hydrogen (secondary N) is 1. The van der Waals surface area contributed by atoms with Crippen LogP contribution in [0.2, 0.25) is 10.0 Å². The number of carbonyl (C=O) groups excluding carboxylic acids is 1. The number of imidazole rings is 1. The maximum absolute atomic E-state index is 13.3.